The lowest BCUT2D eigenvalue weighted by molar-refractivity contribution is 0.0529. The van der Waals surface area contributed by atoms with Gasteiger partial charge in [-0.15, -0.1) is 11.3 Å². The molecule has 1 heterocycles. The van der Waals surface area contributed by atoms with Crippen molar-refractivity contribution in [1.29, 1.82) is 0 Å². The Morgan fingerprint density at radius 2 is 1.80 bits per heavy atom. The van der Waals surface area contributed by atoms with Gasteiger partial charge in [0.1, 0.15) is 10.6 Å². The Morgan fingerprint density at radius 1 is 1.07 bits per heavy atom. The van der Waals surface area contributed by atoms with Crippen LogP contribution in [0.2, 0.25) is 0 Å². The normalized spacial score (nSPS) is 11.8. The Labute approximate surface area is 184 Å². The summed E-state index contributed by atoms with van der Waals surface area (Å²) in [5.41, 5.74) is 4.14. The van der Waals surface area contributed by atoms with Crippen molar-refractivity contribution >= 4 is 45.5 Å². The number of thiocarbonyl (C=S) groups is 1. The third-order valence-corrected chi connectivity index (χ3v) is 6.23. The molecule has 1 aliphatic rings. The monoisotopic (exact) mass is 436 g/mol. The number of fused-ring (bicyclic) bond motifs is 3. The molecule has 152 valence electrons. The average molecular weight is 437 g/mol. The molecule has 4 rings (SSSR count). The van der Waals surface area contributed by atoms with E-state index in [9.17, 15) is 9.59 Å². The van der Waals surface area contributed by atoms with Gasteiger partial charge in [-0.3, -0.25) is 10.1 Å². The summed E-state index contributed by atoms with van der Waals surface area (Å²) in [6.45, 7) is 2.06. The third-order valence-electron chi connectivity index (χ3n) is 4.86. The van der Waals surface area contributed by atoms with Gasteiger partial charge in [0.25, 0.3) is 5.91 Å². The van der Waals surface area contributed by atoms with Gasteiger partial charge in [0.05, 0.1) is 6.61 Å². The molecule has 7 heteroatoms. The Hall–Kier alpha value is -3.03. The maximum absolute atomic E-state index is 12.8. The van der Waals surface area contributed by atoms with Crippen molar-refractivity contribution in [1.82, 2.24) is 5.32 Å². The molecule has 1 aromatic heterocycles. The van der Waals surface area contributed by atoms with Crippen LogP contribution >= 0.6 is 23.6 Å². The summed E-state index contributed by atoms with van der Waals surface area (Å²) < 4.78 is 5.34. The van der Waals surface area contributed by atoms with Gasteiger partial charge in [-0.2, -0.15) is 0 Å². The Bertz CT molecular complexity index is 1120. The van der Waals surface area contributed by atoms with Crippen molar-refractivity contribution in [3.8, 4) is 11.1 Å². The standard InChI is InChI=1S/C23H20N2O3S2/c1-2-28-22(27)19-18-16-11-7-6-8-14(16)12-13-17(18)30-21(19)25-23(29)24-20(26)15-9-4-3-5-10-15/h3-11H,2,12-13H2,1H3,(H2,24,25,26,29). The number of amides is 1. The molecular weight excluding hydrogens is 416 g/mol. The zero-order valence-electron chi connectivity index (χ0n) is 16.4. The van der Waals surface area contributed by atoms with E-state index in [1.807, 2.05) is 24.3 Å². The number of rotatable bonds is 4. The fourth-order valence-corrected chi connectivity index (χ4v) is 5.02. The van der Waals surface area contributed by atoms with Crippen LogP contribution in [-0.4, -0.2) is 23.6 Å². The molecular formula is C23H20N2O3S2. The van der Waals surface area contributed by atoms with Crippen molar-refractivity contribution in [2.24, 2.45) is 0 Å². The molecule has 0 atom stereocenters. The van der Waals surface area contributed by atoms with Crippen LogP contribution in [0.4, 0.5) is 5.00 Å². The number of nitrogens with one attached hydrogen (secondary N) is 2. The number of benzene rings is 2. The summed E-state index contributed by atoms with van der Waals surface area (Å²) in [5, 5.41) is 6.47. The highest BCUT2D eigenvalue weighted by Crippen LogP contribution is 2.45. The molecule has 0 saturated carbocycles. The van der Waals surface area contributed by atoms with Crippen LogP contribution in [0.15, 0.2) is 54.6 Å². The van der Waals surface area contributed by atoms with E-state index in [1.165, 1.54) is 16.9 Å². The molecule has 0 bridgehead atoms. The molecule has 1 amide bonds. The minimum absolute atomic E-state index is 0.140. The number of thiophene rings is 1. The lowest BCUT2D eigenvalue weighted by Crippen LogP contribution is -2.34. The minimum atomic E-state index is -0.397. The number of ether oxygens (including phenoxy) is 1. The van der Waals surface area contributed by atoms with E-state index in [1.54, 1.807) is 31.2 Å². The molecule has 2 N–H and O–H groups in total. The van der Waals surface area contributed by atoms with E-state index in [2.05, 4.69) is 16.7 Å². The minimum Gasteiger partial charge on any atom is -0.462 e. The predicted molar refractivity (Wildman–Crippen MR) is 123 cm³/mol. The Morgan fingerprint density at radius 3 is 2.57 bits per heavy atom. The first-order chi connectivity index (χ1) is 14.6. The number of hydrogen-bond donors (Lipinski definition) is 2. The summed E-state index contributed by atoms with van der Waals surface area (Å²) in [6, 6.07) is 16.9. The topological polar surface area (TPSA) is 67.4 Å². The van der Waals surface area contributed by atoms with Gasteiger partial charge < -0.3 is 10.1 Å². The second kappa shape index (κ2) is 8.77. The summed E-state index contributed by atoms with van der Waals surface area (Å²) in [4.78, 5) is 26.4. The van der Waals surface area contributed by atoms with Gasteiger partial charge >= 0.3 is 5.97 Å². The third kappa shape index (κ3) is 3.99. The number of esters is 1. The molecule has 0 unspecified atom stereocenters. The van der Waals surface area contributed by atoms with E-state index in [4.69, 9.17) is 17.0 Å². The van der Waals surface area contributed by atoms with Crippen LogP contribution in [0, 0.1) is 0 Å². The SMILES string of the molecule is CCOC(=O)c1c(NC(=S)NC(=O)c2ccccc2)sc2c1-c1ccccc1CC2. The molecule has 3 aromatic rings. The smallest absolute Gasteiger partial charge is 0.341 e. The molecule has 30 heavy (non-hydrogen) atoms. The van der Waals surface area contributed by atoms with Crippen molar-refractivity contribution < 1.29 is 14.3 Å². The van der Waals surface area contributed by atoms with E-state index in [0.717, 1.165) is 28.8 Å². The second-order valence-corrected chi connectivity index (χ2v) is 8.27. The molecule has 0 fully saturated rings. The summed E-state index contributed by atoms with van der Waals surface area (Å²) in [7, 11) is 0. The predicted octanol–water partition coefficient (Wildman–Crippen LogP) is 4.82. The molecule has 0 radical (unpaired) electrons. The van der Waals surface area contributed by atoms with Gasteiger partial charge in [0.2, 0.25) is 0 Å². The van der Waals surface area contributed by atoms with E-state index < -0.39 is 5.97 Å². The maximum Gasteiger partial charge on any atom is 0.341 e. The van der Waals surface area contributed by atoms with Crippen LogP contribution in [0.25, 0.3) is 11.1 Å². The first kappa shape index (κ1) is 20.3. The summed E-state index contributed by atoms with van der Waals surface area (Å²) >= 11 is 6.83. The zero-order chi connectivity index (χ0) is 21.1. The van der Waals surface area contributed by atoms with Crippen molar-refractivity contribution in [3.05, 3.63) is 76.2 Å². The van der Waals surface area contributed by atoms with Crippen LogP contribution in [0.3, 0.4) is 0 Å². The molecule has 0 aliphatic heterocycles. The van der Waals surface area contributed by atoms with Crippen LogP contribution in [-0.2, 0) is 17.6 Å². The summed E-state index contributed by atoms with van der Waals surface area (Å²) in [6.07, 6.45) is 1.76. The first-order valence-electron chi connectivity index (χ1n) is 9.67. The average Bonchev–Trinajstić information content (AvgIpc) is 3.12. The van der Waals surface area contributed by atoms with Crippen molar-refractivity contribution in [3.63, 3.8) is 0 Å². The molecule has 5 nitrogen and oxygen atoms in total. The molecule has 2 aromatic carbocycles. The van der Waals surface area contributed by atoms with E-state index >= 15 is 0 Å². The number of carbonyl (C=O) groups is 2. The fourth-order valence-electron chi connectivity index (χ4n) is 3.55. The van der Waals surface area contributed by atoms with E-state index in [0.29, 0.717) is 16.1 Å². The number of hydrogen-bond acceptors (Lipinski definition) is 5. The molecule has 1 aliphatic carbocycles. The van der Waals surface area contributed by atoms with Crippen LogP contribution < -0.4 is 10.6 Å². The number of aryl methyl sites for hydroxylation is 2. The number of anilines is 1. The van der Waals surface area contributed by atoms with Crippen LogP contribution in [0.1, 0.15) is 38.1 Å². The molecule has 0 spiro atoms. The first-order valence-corrected chi connectivity index (χ1v) is 10.9. The van der Waals surface area contributed by atoms with Gasteiger partial charge in [-0.25, -0.2) is 4.79 Å². The van der Waals surface area contributed by atoms with Crippen LogP contribution in [0.5, 0.6) is 0 Å². The van der Waals surface area contributed by atoms with Crippen molar-refractivity contribution in [2.75, 3.05) is 11.9 Å². The number of carbonyl (C=O) groups excluding carboxylic acids is 2. The molecule has 0 saturated heterocycles. The lowest BCUT2D eigenvalue weighted by atomic mass is 9.88. The Balaban J connectivity index is 1.65. The fraction of sp³-hybridized carbons (Fsp3) is 0.174. The highest BCUT2D eigenvalue weighted by atomic mass is 32.1. The zero-order valence-corrected chi connectivity index (χ0v) is 18.0. The lowest BCUT2D eigenvalue weighted by Gasteiger charge is -2.17. The highest BCUT2D eigenvalue weighted by molar-refractivity contribution is 7.80. The van der Waals surface area contributed by atoms with Gasteiger partial charge in [-0.05, 0) is 55.2 Å². The van der Waals surface area contributed by atoms with Crippen molar-refractivity contribution in [2.45, 2.75) is 19.8 Å². The highest BCUT2D eigenvalue weighted by Gasteiger charge is 2.29. The maximum atomic E-state index is 12.8. The van der Waals surface area contributed by atoms with Gasteiger partial charge in [-0.1, -0.05) is 42.5 Å². The van der Waals surface area contributed by atoms with Gasteiger partial charge in [0.15, 0.2) is 5.11 Å². The largest absolute Gasteiger partial charge is 0.462 e. The van der Waals surface area contributed by atoms with E-state index in [-0.39, 0.29) is 17.6 Å². The Kier molecular flexibility index (Phi) is 5.92. The van der Waals surface area contributed by atoms with Gasteiger partial charge in [0, 0.05) is 16.0 Å². The summed E-state index contributed by atoms with van der Waals surface area (Å²) in [5.74, 6) is -0.705. The quantitative estimate of drug-likeness (QED) is 0.454. The second-order valence-electron chi connectivity index (χ2n) is 6.76.